The maximum atomic E-state index is 13.2. The lowest BCUT2D eigenvalue weighted by molar-refractivity contribution is 0.0951. The summed E-state index contributed by atoms with van der Waals surface area (Å²) in [5.41, 5.74) is 8.49. The molecule has 1 aromatic carbocycles. The van der Waals surface area contributed by atoms with Gasteiger partial charge in [-0.2, -0.15) is 5.10 Å². The number of primary amides is 1. The lowest BCUT2D eigenvalue weighted by Gasteiger charge is -2.11. The molecule has 0 fully saturated rings. The molecule has 31 heavy (non-hydrogen) atoms. The van der Waals surface area contributed by atoms with Crippen LogP contribution in [0.5, 0.6) is 0 Å². The largest absolute Gasteiger partial charge is 0.366 e. The molecule has 3 heterocycles. The fraction of sp³-hybridized carbons (Fsp3) is 0.217. The Balaban J connectivity index is 1.70. The van der Waals surface area contributed by atoms with Gasteiger partial charge in [0, 0.05) is 23.0 Å². The van der Waals surface area contributed by atoms with Gasteiger partial charge in [0.1, 0.15) is 0 Å². The number of hydrogen-bond donors (Lipinski definition) is 2. The van der Waals surface area contributed by atoms with E-state index < -0.39 is 5.91 Å². The Morgan fingerprint density at radius 3 is 2.68 bits per heavy atom. The standard InChI is InChI=1S/C23H23N5O2S/c1-13(2)28-22-18(12-26-28)17(10-19(27-22)20-8-7-14(3)31-20)23(30)25-11-15-5-4-6-16(9-15)21(24)29/h4-10,12-13H,11H2,1-3H3,(H2,24,29)(H,25,30). The van der Waals surface area contributed by atoms with Gasteiger partial charge in [-0.1, -0.05) is 12.1 Å². The summed E-state index contributed by atoms with van der Waals surface area (Å²) in [7, 11) is 0. The molecule has 0 aliphatic heterocycles. The molecule has 4 rings (SSSR count). The first-order chi connectivity index (χ1) is 14.8. The van der Waals surface area contributed by atoms with E-state index in [9.17, 15) is 9.59 Å². The molecule has 3 aromatic heterocycles. The van der Waals surface area contributed by atoms with Crippen molar-refractivity contribution in [2.45, 2.75) is 33.4 Å². The first kappa shape index (κ1) is 20.7. The highest BCUT2D eigenvalue weighted by molar-refractivity contribution is 7.15. The van der Waals surface area contributed by atoms with Crippen LogP contribution in [-0.4, -0.2) is 26.6 Å². The maximum Gasteiger partial charge on any atom is 0.252 e. The summed E-state index contributed by atoms with van der Waals surface area (Å²) in [6, 6.07) is 12.9. The minimum atomic E-state index is -0.499. The molecule has 8 heteroatoms. The van der Waals surface area contributed by atoms with Gasteiger partial charge in [0.05, 0.1) is 27.7 Å². The molecular weight excluding hydrogens is 410 g/mol. The molecule has 0 atom stereocenters. The Bertz CT molecular complexity index is 1290. The number of carbonyl (C=O) groups excluding carboxylic acids is 2. The number of aromatic nitrogens is 3. The zero-order valence-corrected chi connectivity index (χ0v) is 18.4. The summed E-state index contributed by atoms with van der Waals surface area (Å²) in [6.07, 6.45) is 1.69. The Morgan fingerprint density at radius 1 is 1.19 bits per heavy atom. The van der Waals surface area contributed by atoms with Crippen LogP contribution in [0.4, 0.5) is 0 Å². The van der Waals surface area contributed by atoms with E-state index in [0.29, 0.717) is 22.2 Å². The average Bonchev–Trinajstić information content (AvgIpc) is 3.37. The van der Waals surface area contributed by atoms with Crippen molar-refractivity contribution in [2.75, 3.05) is 0 Å². The predicted molar refractivity (Wildman–Crippen MR) is 122 cm³/mol. The highest BCUT2D eigenvalue weighted by Gasteiger charge is 2.19. The van der Waals surface area contributed by atoms with E-state index in [-0.39, 0.29) is 18.5 Å². The maximum absolute atomic E-state index is 13.2. The van der Waals surface area contributed by atoms with Crippen molar-refractivity contribution in [1.29, 1.82) is 0 Å². The average molecular weight is 434 g/mol. The van der Waals surface area contributed by atoms with E-state index in [1.165, 1.54) is 4.88 Å². The molecule has 0 unspecified atom stereocenters. The van der Waals surface area contributed by atoms with E-state index in [1.807, 2.05) is 49.7 Å². The van der Waals surface area contributed by atoms with Gasteiger partial charge in [-0.05, 0) is 56.7 Å². The highest BCUT2D eigenvalue weighted by Crippen LogP contribution is 2.30. The van der Waals surface area contributed by atoms with Crippen molar-refractivity contribution in [1.82, 2.24) is 20.1 Å². The zero-order valence-electron chi connectivity index (χ0n) is 17.5. The number of thiophene rings is 1. The van der Waals surface area contributed by atoms with Crippen LogP contribution in [0.25, 0.3) is 21.6 Å². The predicted octanol–water partition coefficient (Wildman–Crippen LogP) is 4.08. The zero-order chi connectivity index (χ0) is 22.1. The van der Waals surface area contributed by atoms with Gasteiger partial charge >= 0.3 is 0 Å². The van der Waals surface area contributed by atoms with Crippen molar-refractivity contribution in [3.63, 3.8) is 0 Å². The quantitative estimate of drug-likeness (QED) is 0.478. The van der Waals surface area contributed by atoms with E-state index in [4.69, 9.17) is 10.7 Å². The van der Waals surface area contributed by atoms with Crippen molar-refractivity contribution < 1.29 is 9.59 Å². The van der Waals surface area contributed by atoms with Gasteiger partial charge in [-0.3, -0.25) is 9.59 Å². The van der Waals surface area contributed by atoms with Crippen LogP contribution in [0.1, 0.15) is 51.0 Å². The van der Waals surface area contributed by atoms with Crippen molar-refractivity contribution in [3.8, 4) is 10.6 Å². The molecule has 0 spiro atoms. The van der Waals surface area contributed by atoms with Crippen molar-refractivity contribution in [3.05, 3.63) is 70.2 Å². The summed E-state index contributed by atoms with van der Waals surface area (Å²) in [4.78, 5) is 31.6. The van der Waals surface area contributed by atoms with E-state index in [1.54, 1.807) is 35.7 Å². The Kier molecular flexibility index (Phi) is 5.56. The van der Waals surface area contributed by atoms with Gasteiger partial charge in [0.2, 0.25) is 5.91 Å². The second-order valence-electron chi connectivity index (χ2n) is 7.63. The van der Waals surface area contributed by atoms with Crippen molar-refractivity contribution >= 4 is 34.2 Å². The SMILES string of the molecule is Cc1ccc(-c2cc(C(=O)NCc3cccc(C(N)=O)c3)c3cnn(C(C)C)c3n2)s1. The van der Waals surface area contributed by atoms with Crippen LogP contribution in [-0.2, 0) is 6.54 Å². The number of nitrogens with two attached hydrogens (primary N) is 1. The van der Waals surface area contributed by atoms with Crippen LogP contribution in [0.15, 0.2) is 48.7 Å². The third kappa shape index (κ3) is 4.20. The molecule has 0 radical (unpaired) electrons. The first-order valence-corrected chi connectivity index (χ1v) is 10.8. The molecule has 158 valence electrons. The van der Waals surface area contributed by atoms with Crippen LogP contribution in [0, 0.1) is 6.92 Å². The monoisotopic (exact) mass is 433 g/mol. The number of amides is 2. The normalized spacial score (nSPS) is 11.2. The van der Waals surface area contributed by atoms with E-state index in [0.717, 1.165) is 16.1 Å². The van der Waals surface area contributed by atoms with Crippen LogP contribution in [0.3, 0.4) is 0 Å². The van der Waals surface area contributed by atoms with Gasteiger partial charge in [0.15, 0.2) is 5.65 Å². The molecule has 0 aliphatic carbocycles. The summed E-state index contributed by atoms with van der Waals surface area (Å²) in [6.45, 7) is 6.37. The summed E-state index contributed by atoms with van der Waals surface area (Å²) >= 11 is 1.63. The summed E-state index contributed by atoms with van der Waals surface area (Å²) in [5, 5.41) is 8.10. The topological polar surface area (TPSA) is 103 Å². The van der Waals surface area contributed by atoms with E-state index >= 15 is 0 Å². The van der Waals surface area contributed by atoms with Crippen molar-refractivity contribution in [2.24, 2.45) is 5.73 Å². The molecule has 0 bridgehead atoms. The smallest absolute Gasteiger partial charge is 0.252 e. The molecular formula is C23H23N5O2S. The minimum absolute atomic E-state index is 0.109. The van der Waals surface area contributed by atoms with Crippen LogP contribution in [0.2, 0.25) is 0 Å². The van der Waals surface area contributed by atoms with Crippen LogP contribution >= 0.6 is 11.3 Å². The second kappa shape index (κ2) is 8.31. The lowest BCUT2D eigenvalue weighted by atomic mass is 10.1. The number of benzene rings is 1. The molecule has 7 nitrogen and oxygen atoms in total. The molecule has 3 N–H and O–H groups in total. The van der Waals surface area contributed by atoms with Gasteiger partial charge < -0.3 is 11.1 Å². The fourth-order valence-electron chi connectivity index (χ4n) is 3.39. The Labute approximate surface area is 183 Å². The third-order valence-corrected chi connectivity index (χ3v) is 5.98. The molecule has 4 aromatic rings. The number of carbonyl (C=O) groups is 2. The van der Waals surface area contributed by atoms with Crippen LogP contribution < -0.4 is 11.1 Å². The van der Waals surface area contributed by atoms with Gasteiger partial charge in [0.25, 0.3) is 5.91 Å². The molecule has 0 saturated heterocycles. The van der Waals surface area contributed by atoms with Gasteiger partial charge in [-0.25, -0.2) is 9.67 Å². The summed E-state index contributed by atoms with van der Waals surface area (Å²) < 4.78 is 1.83. The first-order valence-electron chi connectivity index (χ1n) is 9.95. The molecule has 2 amide bonds. The lowest BCUT2D eigenvalue weighted by Crippen LogP contribution is -2.23. The molecule has 0 aliphatic rings. The van der Waals surface area contributed by atoms with Gasteiger partial charge in [-0.15, -0.1) is 11.3 Å². The number of hydrogen-bond acceptors (Lipinski definition) is 5. The Morgan fingerprint density at radius 2 is 2.00 bits per heavy atom. The number of aryl methyl sites for hydroxylation is 1. The Hall–Kier alpha value is -3.52. The minimum Gasteiger partial charge on any atom is -0.366 e. The number of nitrogens with zero attached hydrogens (tertiary/aromatic N) is 3. The third-order valence-electron chi connectivity index (χ3n) is 4.96. The molecule has 0 saturated carbocycles. The number of fused-ring (bicyclic) bond motifs is 1. The number of pyridine rings is 1. The fourth-order valence-corrected chi connectivity index (χ4v) is 4.22. The second-order valence-corrected chi connectivity index (χ2v) is 8.92. The van der Waals surface area contributed by atoms with E-state index in [2.05, 4.69) is 10.4 Å². The highest BCUT2D eigenvalue weighted by atomic mass is 32.1. The summed E-state index contributed by atoms with van der Waals surface area (Å²) in [5.74, 6) is -0.726. The number of rotatable bonds is 6. The number of nitrogens with one attached hydrogen (secondary N) is 1.